The molecule has 132 valence electrons. The molecule has 5 nitrogen and oxygen atoms in total. The number of aromatic nitrogens is 2. The van der Waals surface area contributed by atoms with Gasteiger partial charge in [-0.05, 0) is 42.8 Å². The normalized spacial score (nSPS) is 12.7. The Kier molecular flexibility index (Phi) is 4.39. The van der Waals surface area contributed by atoms with Crippen LogP contribution in [0.15, 0.2) is 54.7 Å². The third-order valence-corrected chi connectivity index (χ3v) is 4.35. The maximum atomic E-state index is 12.9. The van der Waals surface area contributed by atoms with E-state index in [0.717, 1.165) is 36.5 Å². The van der Waals surface area contributed by atoms with Gasteiger partial charge in [-0.3, -0.25) is 4.79 Å². The van der Waals surface area contributed by atoms with Crippen LogP contribution < -0.4 is 10.1 Å². The average molecular weight is 351 g/mol. The Morgan fingerprint density at radius 2 is 2.08 bits per heavy atom. The topological polar surface area (TPSA) is 56.1 Å². The van der Waals surface area contributed by atoms with E-state index in [-0.39, 0.29) is 18.3 Å². The van der Waals surface area contributed by atoms with Gasteiger partial charge in [0.15, 0.2) is 6.61 Å². The van der Waals surface area contributed by atoms with E-state index in [2.05, 4.69) is 14.9 Å². The number of imidazole rings is 1. The molecule has 1 aliphatic rings. The minimum Gasteiger partial charge on any atom is -0.484 e. The molecule has 0 bridgehead atoms. The summed E-state index contributed by atoms with van der Waals surface area (Å²) in [5, 5.41) is 2.83. The lowest BCUT2D eigenvalue weighted by molar-refractivity contribution is -0.118. The number of ether oxygens (including phenoxy) is 1. The lowest BCUT2D eigenvalue weighted by Crippen LogP contribution is -2.20. The predicted octanol–water partition coefficient (Wildman–Crippen LogP) is 3.65. The van der Waals surface area contributed by atoms with Crippen molar-refractivity contribution in [3.05, 3.63) is 66.4 Å². The first-order valence-corrected chi connectivity index (χ1v) is 8.52. The van der Waals surface area contributed by atoms with Gasteiger partial charge in [0.05, 0.1) is 11.9 Å². The number of hydrogen-bond donors (Lipinski definition) is 1. The van der Waals surface area contributed by atoms with Crippen LogP contribution in [0.4, 0.5) is 10.1 Å². The second kappa shape index (κ2) is 7.00. The van der Waals surface area contributed by atoms with Crippen molar-refractivity contribution in [2.24, 2.45) is 0 Å². The zero-order chi connectivity index (χ0) is 17.9. The summed E-state index contributed by atoms with van der Waals surface area (Å²) in [6.07, 6.45) is 4.01. The van der Waals surface area contributed by atoms with E-state index in [1.54, 1.807) is 0 Å². The number of fused-ring (bicyclic) bond motifs is 1. The first kappa shape index (κ1) is 16.3. The van der Waals surface area contributed by atoms with Crippen molar-refractivity contribution in [1.82, 2.24) is 9.55 Å². The molecule has 0 spiro atoms. The van der Waals surface area contributed by atoms with Gasteiger partial charge in [-0.1, -0.05) is 12.1 Å². The van der Waals surface area contributed by atoms with Crippen LogP contribution in [0.3, 0.4) is 0 Å². The maximum absolute atomic E-state index is 12.9. The Labute approximate surface area is 150 Å². The molecule has 2 aromatic carbocycles. The third kappa shape index (κ3) is 3.44. The van der Waals surface area contributed by atoms with Crippen molar-refractivity contribution in [2.45, 2.75) is 19.4 Å². The molecule has 4 rings (SSSR count). The highest BCUT2D eigenvalue weighted by Gasteiger charge is 2.16. The predicted molar refractivity (Wildman–Crippen MR) is 96.5 cm³/mol. The van der Waals surface area contributed by atoms with E-state index in [4.69, 9.17) is 4.74 Å². The van der Waals surface area contributed by atoms with Crippen LogP contribution in [0.25, 0.3) is 11.3 Å². The molecule has 0 radical (unpaired) electrons. The van der Waals surface area contributed by atoms with Crippen molar-refractivity contribution in [2.75, 3.05) is 11.9 Å². The zero-order valence-electron chi connectivity index (χ0n) is 14.1. The number of benzene rings is 2. The summed E-state index contributed by atoms with van der Waals surface area (Å²) in [7, 11) is 0. The minimum absolute atomic E-state index is 0.141. The number of nitrogens with zero attached hydrogens (tertiary/aromatic N) is 2. The van der Waals surface area contributed by atoms with Crippen molar-refractivity contribution >= 4 is 11.6 Å². The Balaban J connectivity index is 1.42. The van der Waals surface area contributed by atoms with Crippen LogP contribution in [0.2, 0.25) is 0 Å². The lowest BCUT2D eigenvalue weighted by atomic mass is 10.1. The van der Waals surface area contributed by atoms with Crippen molar-refractivity contribution in [1.29, 1.82) is 0 Å². The molecule has 1 N–H and O–H groups in total. The number of aryl methyl sites for hydroxylation is 1. The van der Waals surface area contributed by atoms with E-state index in [0.29, 0.717) is 11.4 Å². The summed E-state index contributed by atoms with van der Waals surface area (Å²) < 4.78 is 20.5. The number of carbonyl (C=O) groups excluding carboxylic acids is 1. The van der Waals surface area contributed by atoms with Gasteiger partial charge in [-0.25, -0.2) is 9.37 Å². The summed E-state index contributed by atoms with van der Waals surface area (Å²) in [6.45, 7) is 0.838. The van der Waals surface area contributed by atoms with E-state index >= 15 is 0 Å². The minimum atomic E-state index is -0.343. The standard InChI is InChI=1S/C20H18FN3O2/c21-15-6-8-17(9-7-15)26-13-20(25)23-16-4-1-3-14(11-16)18-12-22-19-5-2-10-24(18)19/h1,3-4,6-9,11-12H,2,5,10,13H2,(H,23,25). The number of hydrogen-bond acceptors (Lipinski definition) is 3. The molecule has 1 amide bonds. The Hall–Kier alpha value is -3.15. The van der Waals surface area contributed by atoms with Gasteiger partial charge in [0, 0.05) is 24.2 Å². The first-order valence-electron chi connectivity index (χ1n) is 8.52. The SMILES string of the molecule is O=C(COc1ccc(F)cc1)Nc1cccc(-c2cnc3n2CCC3)c1. The molecule has 0 saturated heterocycles. The van der Waals surface area contributed by atoms with Crippen LogP contribution in [-0.4, -0.2) is 22.1 Å². The van der Waals surface area contributed by atoms with Gasteiger partial charge in [-0.15, -0.1) is 0 Å². The third-order valence-electron chi connectivity index (χ3n) is 4.35. The summed E-state index contributed by atoms with van der Waals surface area (Å²) >= 11 is 0. The van der Waals surface area contributed by atoms with Crippen molar-refractivity contribution in [3.63, 3.8) is 0 Å². The highest BCUT2D eigenvalue weighted by molar-refractivity contribution is 5.92. The first-order chi connectivity index (χ1) is 12.7. The summed E-state index contributed by atoms with van der Waals surface area (Å²) in [6, 6.07) is 13.2. The van der Waals surface area contributed by atoms with Crippen molar-refractivity contribution < 1.29 is 13.9 Å². The Morgan fingerprint density at radius 1 is 1.23 bits per heavy atom. The number of carbonyl (C=O) groups is 1. The fourth-order valence-electron chi connectivity index (χ4n) is 3.12. The summed E-state index contributed by atoms with van der Waals surface area (Å²) in [4.78, 5) is 16.6. The molecule has 0 atom stereocenters. The molecular weight excluding hydrogens is 333 g/mol. The number of anilines is 1. The van der Waals surface area contributed by atoms with E-state index in [1.165, 1.54) is 24.3 Å². The maximum Gasteiger partial charge on any atom is 0.262 e. The summed E-state index contributed by atoms with van der Waals surface area (Å²) in [5.41, 5.74) is 2.78. The fourth-order valence-corrected chi connectivity index (χ4v) is 3.12. The fraction of sp³-hybridized carbons (Fsp3) is 0.200. The number of amides is 1. The molecule has 3 aromatic rings. The smallest absolute Gasteiger partial charge is 0.262 e. The molecule has 0 aliphatic carbocycles. The van der Waals surface area contributed by atoms with Gasteiger partial charge in [0.2, 0.25) is 0 Å². The molecule has 1 aromatic heterocycles. The second-order valence-electron chi connectivity index (χ2n) is 6.19. The Bertz CT molecular complexity index is 934. The highest BCUT2D eigenvalue weighted by Crippen LogP contribution is 2.27. The molecule has 0 fully saturated rings. The number of halogens is 1. The van der Waals surface area contributed by atoms with Gasteiger partial charge >= 0.3 is 0 Å². The van der Waals surface area contributed by atoms with Crippen LogP contribution in [0.5, 0.6) is 5.75 Å². The van der Waals surface area contributed by atoms with Crippen LogP contribution in [0, 0.1) is 5.82 Å². The van der Waals surface area contributed by atoms with Gasteiger partial charge in [0.1, 0.15) is 17.4 Å². The number of rotatable bonds is 5. The zero-order valence-corrected chi connectivity index (χ0v) is 14.1. The van der Waals surface area contributed by atoms with E-state index in [1.807, 2.05) is 30.5 Å². The molecule has 0 saturated carbocycles. The van der Waals surface area contributed by atoms with Gasteiger partial charge in [-0.2, -0.15) is 0 Å². The van der Waals surface area contributed by atoms with Gasteiger partial charge in [0.25, 0.3) is 5.91 Å². The van der Waals surface area contributed by atoms with Crippen molar-refractivity contribution in [3.8, 4) is 17.0 Å². The second-order valence-corrected chi connectivity index (χ2v) is 6.19. The summed E-state index contributed by atoms with van der Waals surface area (Å²) in [5.74, 6) is 0.947. The van der Waals surface area contributed by atoms with E-state index in [9.17, 15) is 9.18 Å². The largest absolute Gasteiger partial charge is 0.484 e. The Morgan fingerprint density at radius 3 is 2.92 bits per heavy atom. The monoisotopic (exact) mass is 351 g/mol. The van der Waals surface area contributed by atoms with E-state index < -0.39 is 0 Å². The quantitative estimate of drug-likeness (QED) is 0.763. The van der Waals surface area contributed by atoms with Gasteiger partial charge < -0.3 is 14.6 Å². The lowest BCUT2D eigenvalue weighted by Gasteiger charge is -2.10. The molecule has 1 aliphatic heterocycles. The number of nitrogens with one attached hydrogen (secondary N) is 1. The van der Waals surface area contributed by atoms with Crippen LogP contribution >= 0.6 is 0 Å². The molecule has 26 heavy (non-hydrogen) atoms. The molecule has 0 unspecified atom stereocenters. The molecule has 2 heterocycles. The average Bonchev–Trinajstić information content (AvgIpc) is 3.25. The van der Waals surface area contributed by atoms with Crippen LogP contribution in [0.1, 0.15) is 12.2 Å². The molecule has 6 heteroatoms. The highest BCUT2D eigenvalue weighted by atomic mass is 19.1. The van der Waals surface area contributed by atoms with Crippen LogP contribution in [-0.2, 0) is 17.8 Å². The molecular formula is C20H18FN3O2.